The number of nitrogens with zero attached hydrogens (tertiary/aromatic N) is 3. The smallest absolute Gasteiger partial charge is 0.433 e. The minimum atomic E-state index is -4.82. The first-order valence-electron chi connectivity index (χ1n) is 10.1. The third-order valence-corrected chi connectivity index (χ3v) is 5.79. The average Bonchev–Trinajstić information content (AvgIpc) is 3.20. The van der Waals surface area contributed by atoms with Gasteiger partial charge in [0.15, 0.2) is 17.0 Å². The van der Waals surface area contributed by atoms with Crippen LogP contribution in [0.1, 0.15) is 16.2 Å². The van der Waals surface area contributed by atoms with Gasteiger partial charge >= 0.3 is 6.18 Å². The van der Waals surface area contributed by atoms with Crippen LogP contribution >= 0.6 is 23.2 Å². The molecular formula is C23H17Cl2F3N4O4. The fourth-order valence-corrected chi connectivity index (χ4v) is 3.86. The van der Waals surface area contributed by atoms with Crippen LogP contribution in [0.5, 0.6) is 17.2 Å². The molecule has 1 amide bonds. The van der Waals surface area contributed by atoms with Crippen molar-refractivity contribution in [2.45, 2.75) is 6.18 Å². The number of carbonyl (C=O) groups is 1. The van der Waals surface area contributed by atoms with Crippen molar-refractivity contribution >= 4 is 40.4 Å². The van der Waals surface area contributed by atoms with Crippen LogP contribution in [-0.4, -0.2) is 41.8 Å². The summed E-state index contributed by atoms with van der Waals surface area (Å²) in [5, 5.41) is 6.20. The second-order valence-electron chi connectivity index (χ2n) is 7.29. The van der Waals surface area contributed by atoms with E-state index in [-0.39, 0.29) is 38.6 Å². The van der Waals surface area contributed by atoms with Gasteiger partial charge in [0, 0.05) is 17.7 Å². The van der Waals surface area contributed by atoms with E-state index in [1.807, 2.05) is 0 Å². The Kier molecular flexibility index (Phi) is 6.87. The van der Waals surface area contributed by atoms with Gasteiger partial charge in [0.25, 0.3) is 5.91 Å². The molecule has 0 spiro atoms. The van der Waals surface area contributed by atoms with Crippen molar-refractivity contribution in [1.82, 2.24) is 14.6 Å². The van der Waals surface area contributed by atoms with E-state index in [1.54, 1.807) is 24.3 Å². The zero-order valence-corrected chi connectivity index (χ0v) is 20.4. The first kappa shape index (κ1) is 25.4. The molecule has 0 atom stereocenters. The maximum absolute atomic E-state index is 13.9. The lowest BCUT2D eigenvalue weighted by Crippen LogP contribution is -2.16. The second kappa shape index (κ2) is 9.75. The molecule has 0 aliphatic heterocycles. The quantitative estimate of drug-likeness (QED) is 0.322. The predicted molar refractivity (Wildman–Crippen MR) is 127 cm³/mol. The Morgan fingerprint density at radius 2 is 1.64 bits per heavy atom. The van der Waals surface area contributed by atoms with E-state index in [0.29, 0.717) is 15.8 Å². The maximum Gasteiger partial charge on any atom is 0.433 e. The summed E-state index contributed by atoms with van der Waals surface area (Å²) in [4.78, 5) is 17.3. The molecular weight excluding hydrogens is 524 g/mol. The summed E-state index contributed by atoms with van der Waals surface area (Å²) in [6.45, 7) is 0. The highest BCUT2D eigenvalue weighted by Crippen LogP contribution is 2.37. The monoisotopic (exact) mass is 540 g/mol. The SMILES string of the molecule is COc1ccc(-c2cc(C(F)(F)F)n3nc(C(=O)Nc4cc(OC)c(Cl)cc4OC)c(Cl)c3n2)cc1. The summed E-state index contributed by atoms with van der Waals surface area (Å²) in [7, 11) is 4.20. The number of hydrogen-bond acceptors (Lipinski definition) is 6. The lowest BCUT2D eigenvalue weighted by atomic mass is 10.1. The Bertz CT molecular complexity index is 1460. The van der Waals surface area contributed by atoms with E-state index >= 15 is 0 Å². The third-order valence-electron chi connectivity index (χ3n) is 5.15. The molecule has 0 bridgehead atoms. The summed E-state index contributed by atoms with van der Waals surface area (Å²) in [5.74, 6) is 0.0442. The molecule has 0 unspecified atom stereocenters. The second-order valence-corrected chi connectivity index (χ2v) is 8.08. The number of rotatable bonds is 6. The molecule has 2 aromatic heterocycles. The number of benzene rings is 2. The number of ether oxygens (including phenoxy) is 3. The number of hydrogen-bond donors (Lipinski definition) is 1. The van der Waals surface area contributed by atoms with E-state index < -0.39 is 23.5 Å². The predicted octanol–water partition coefficient (Wildman–Crippen LogP) is 6.00. The van der Waals surface area contributed by atoms with Crippen LogP contribution in [0, 0.1) is 0 Å². The topological polar surface area (TPSA) is 87.0 Å². The zero-order chi connectivity index (χ0) is 26.2. The van der Waals surface area contributed by atoms with Crippen LogP contribution in [0.15, 0.2) is 42.5 Å². The van der Waals surface area contributed by atoms with E-state index in [9.17, 15) is 18.0 Å². The Labute approximate surface area is 212 Å². The largest absolute Gasteiger partial charge is 0.497 e. The van der Waals surface area contributed by atoms with Gasteiger partial charge in [-0.2, -0.15) is 18.3 Å². The van der Waals surface area contributed by atoms with Crippen LogP contribution in [0.3, 0.4) is 0 Å². The van der Waals surface area contributed by atoms with Crippen molar-refractivity contribution in [2.24, 2.45) is 0 Å². The molecule has 2 heterocycles. The fourth-order valence-electron chi connectivity index (χ4n) is 3.39. The highest BCUT2D eigenvalue weighted by molar-refractivity contribution is 6.37. The molecule has 2 aromatic carbocycles. The molecule has 13 heteroatoms. The van der Waals surface area contributed by atoms with Crippen molar-refractivity contribution in [3.05, 3.63) is 63.9 Å². The fraction of sp³-hybridized carbons (Fsp3) is 0.174. The van der Waals surface area contributed by atoms with E-state index in [2.05, 4.69) is 15.4 Å². The number of halogens is 5. The molecule has 0 saturated heterocycles. The number of carbonyl (C=O) groups excluding carboxylic acids is 1. The summed E-state index contributed by atoms with van der Waals surface area (Å²) >= 11 is 12.4. The van der Waals surface area contributed by atoms with Crippen molar-refractivity contribution in [3.8, 4) is 28.5 Å². The molecule has 0 radical (unpaired) electrons. The number of methoxy groups -OCH3 is 3. The molecule has 36 heavy (non-hydrogen) atoms. The molecule has 4 aromatic rings. The van der Waals surface area contributed by atoms with Gasteiger partial charge in [-0.1, -0.05) is 23.2 Å². The number of amides is 1. The van der Waals surface area contributed by atoms with E-state index in [1.165, 1.54) is 33.5 Å². The van der Waals surface area contributed by atoms with Gasteiger partial charge in [-0.3, -0.25) is 4.79 Å². The summed E-state index contributed by atoms with van der Waals surface area (Å²) in [6, 6.07) is 9.90. The Morgan fingerprint density at radius 3 is 2.22 bits per heavy atom. The van der Waals surface area contributed by atoms with E-state index in [0.717, 1.165) is 6.07 Å². The summed E-state index contributed by atoms with van der Waals surface area (Å²) in [6.07, 6.45) is -4.82. The van der Waals surface area contributed by atoms with Crippen LogP contribution in [0.4, 0.5) is 18.9 Å². The highest BCUT2D eigenvalue weighted by atomic mass is 35.5. The Hall–Kier alpha value is -3.70. The Morgan fingerprint density at radius 1 is 0.972 bits per heavy atom. The molecule has 0 fully saturated rings. The molecule has 0 saturated carbocycles. The van der Waals surface area contributed by atoms with Gasteiger partial charge in [-0.15, -0.1) is 0 Å². The Balaban J connectivity index is 1.82. The van der Waals surface area contributed by atoms with Crippen LogP contribution in [-0.2, 0) is 6.18 Å². The average molecular weight is 541 g/mol. The van der Waals surface area contributed by atoms with Crippen molar-refractivity contribution in [3.63, 3.8) is 0 Å². The molecule has 1 N–H and O–H groups in total. The van der Waals surface area contributed by atoms with Crippen molar-refractivity contribution < 1.29 is 32.2 Å². The van der Waals surface area contributed by atoms with Crippen molar-refractivity contribution in [1.29, 1.82) is 0 Å². The number of aromatic nitrogens is 3. The third kappa shape index (κ3) is 4.71. The number of fused-ring (bicyclic) bond motifs is 1. The lowest BCUT2D eigenvalue weighted by molar-refractivity contribution is -0.142. The number of nitrogens with one attached hydrogen (secondary N) is 1. The highest BCUT2D eigenvalue weighted by Gasteiger charge is 2.37. The summed E-state index contributed by atoms with van der Waals surface area (Å²) < 4.78 is 57.8. The normalized spacial score (nSPS) is 11.4. The van der Waals surface area contributed by atoms with Gasteiger partial charge in [-0.05, 0) is 30.3 Å². The number of alkyl halides is 3. The van der Waals surface area contributed by atoms with Crippen LogP contribution < -0.4 is 19.5 Å². The first-order chi connectivity index (χ1) is 17.1. The van der Waals surface area contributed by atoms with E-state index in [4.69, 9.17) is 37.4 Å². The molecule has 0 aliphatic rings. The van der Waals surface area contributed by atoms with Crippen LogP contribution in [0.2, 0.25) is 10.0 Å². The minimum absolute atomic E-state index is 0.0182. The molecule has 188 valence electrons. The molecule has 4 rings (SSSR count). The van der Waals surface area contributed by atoms with Gasteiger partial charge < -0.3 is 19.5 Å². The van der Waals surface area contributed by atoms with Crippen molar-refractivity contribution in [2.75, 3.05) is 26.6 Å². The number of anilines is 1. The van der Waals surface area contributed by atoms with Crippen LogP contribution in [0.25, 0.3) is 16.9 Å². The summed E-state index contributed by atoms with van der Waals surface area (Å²) in [5.41, 5.74) is -1.48. The molecule has 0 aliphatic carbocycles. The first-order valence-corrected chi connectivity index (χ1v) is 10.9. The zero-order valence-electron chi connectivity index (χ0n) is 18.9. The van der Waals surface area contributed by atoms with Gasteiger partial charge in [0.05, 0.1) is 37.7 Å². The molecule has 8 nitrogen and oxygen atoms in total. The minimum Gasteiger partial charge on any atom is -0.497 e. The standard InChI is InChI=1S/C23H17Cl2F3N4O4/c1-34-12-6-4-11(5-7-12)14-10-18(23(26,27)28)32-21(29-14)19(25)20(31-32)22(33)30-15-9-16(35-2)13(24)8-17(15)36-3/h4-10H,1-3H3,(H,30,33). The van der Waals surface area contributed by atoms with Gasteiger partial charge in [-0.25, -0.2) is 9.50 Å². The lowest BCUT2D eigenvalue weighted by Gasteiger charge is -2.12. The van der Waals surface area contributed by atoms with Gasteiger partial charge in [0.2, 0.25) is 0 Å². The van der Waals surface area contributed by atoms with Gasteiger partial charge in [0.1, 0.15) is 22.3 Å². The maximum atomic E-state index is 13.9.